The molecule has 1 amide bonds. The molecule has 0 spiro atoms. The summed E-state index contributed by atoms with van der Waals surface area (Å²) in [5, 5.41) is 18.9. The van der Waals surface area contributed by atoms with Crippen LogP contribution in [0, 0.1) is 5.92 Å². The fourth-order valence-corrected chi connectivity index (χ4v) is 2.69. The van der Waals surface area contributed by atoms with Crippen molar-refractivity contribution in [2.24, 2.45) is 5.92 Å². The maximum atomic E-state index is 11.6. The van der Waals surface area contributed by atoms with Crippen LogP contribution in [0.15, 0.2) is 42.9 Å². The fraction of sp³-hybridized carbons (Fsp3) is 0.389. The van der Waals surface area contributed by atoms with Crippen molar-refractivity contribution in [2.75, 3.05) is 12.0 Å². The Morgan fingerprint density at radius 1 is 1.23 bits per heavy atom. The van der Waals surface area contributed by atoms with Crippen molar-refractivity contribution in [2.45, 2.75) is 32.7 Å². The zero-order chi connectivity index (χ0) is 19.1. The molecule has 0 aliphatic carbocycles. The number of nitrogens with one attached hydrogen (secondary N) is 1. The van der Waals surface area contributed by atoms with E-state index in [0.29, 0.717) is 6.42 Å². The molecule has 0 saturated heterocycles. The van der Waals surface area contributed by atoms with E-state index in [9.17, 15) is 19.8 Å². The van der Waals surface area contributed by atoms with Crippen molar-refractivity contribution in [3.05, 3.63) is 48.5 Å². The molecule has 3 N–H and O–H groups in total. The number of benzene rings is 1. The van der Waals surface area contributed by atoms with E-state index in [2.05, 4.69) is 10.4 Å². The summed E-state index contributed by atoms with van der Waals surface area (Å²) in [5.41, 5.74) is 4.79. The van der Waals surface area contributed by atoms with Gasteiger partial charge in [0.1, 0.15) is 12.4 Å². The van der Waals surface area contributed by atoms with Crippen LogP contribution in [-0.4, -0.2) is 49.4 Å². The second kappa shape index (κ2) is 8.89. The maximum Gasteiger partial charge on any atom is 0.408 e. The van der Waals surface area contributed by atoms with Gasteiger partial charge in [0.15, 0.2) is 0 Å². The molecule has 0 aliphatic rings. The van der Waals surface area contributed by atoms with E-state index in [-0.39, 0.29) is 18.9 Å². The first kappa shape index (κ1) is 19.3. The smallest absolute Gasteiger partial charge is 0.408 e. The summed E-state index contributed by atoms with van der Waals surface area (Å²) in [6.07, 6.45) is 2.60. The summed E-state index contributed by atoms with van der Waals surface area (Å²) in [5.74, 6) is -1.06. The van der Waals surface area contributed by atoms with E-state index in [1.54, 1.807) is 17.2 Å². The monoisotopic (exact) mass is 360 g/mol. The molecule has 1 heterocycles. The van der Waals surface area contributed by atoms with Crippen LogP contribution < -0.4 is 5.43 Å². The number of hydrogen-bond acceptors (Lipinski definition) is 4. The fourth-order valence-electron chi connectivity index (χ4n) is 2.69. The average molecular weight is 360 g/mol. The van der Waals surface area contributed by atoms with Crippen molar-refractivity contribution in [3.8, 4) is 0 Å². The van der Waals surface area contributed by atoms with E-state index in [0.717, 1.165) is 16.3 Å². The van der Waals surface area contributed by atoms with Crippen LogP contribution in [0.25, 0.3) is 0 Å². The van der Waals surface area contributed by atoms with Gasteiger partial charge in [-0.25, -0.2) is 19.2 Å². The lowest BCUT2D eigenvalue weighted by Gasteiger charge is -2.27. The third-order valence-electron chi connectivity index (χ3n) is 3.95. The van der Waals surface area contributed by atoms with Crippen LogP contribution in [0.5, 0.6) is 0 Å². The van der Waals surface area contributed by atoms with Crippen LogP contribution in [0.2, 0.25) is 0 Å². The minimum Gasteiger partial charge on any atom is -0.480 e. The molecule has 1 aromatic carbocycles. The molecular formula is C18H24N4O4. The van der Waals surface area contributed by atoms with Gasteiger partial charge in [0.2, 0.25) is 0 Å². The number of hydrogen-bond donors (Lipinski definition) is 3. The van der Waals surface area contributed by atoms with Crippen molar-refractivity contribution in [1.29, 1.82) is 0 Å². The number of anilines is 1. The summed E-state index contributed by atoms with van der Waals surface area (Å²) in [4.78, 5) is 28.2. The number of nitrogens with zero attached hydrogens (tertiary/aromatic N) is 3. The van der Waals surface area contributed by atoms with Gasteiger partial charge in [-0.3, -0.25) is 10.3 Å². The van der Waals surface area contributed by atoms with Crippen LogP contribution in [0.1, 0.15) is 26.0 Å². The predicted octanol–water partition coefficient (Wildman–Crippen LogP) is 2.78. The summed E-state index contributed by atoms with van der Waals surface area (Å²) in [6.45, 7) is 3.81. The molecule has 0 bridgehead atoms. The summed E-state index contributed by atoms with van der Waals surface area (Å²) >= 11 is 0. The zero-order valence-electron chi connectivity index (χ0n) is 14.9. The van der Waals surface area contributed by atoms with E-state index < -0.39 is 18.1 Å². The molecule has 8 nitrogen and oxygen atoms in total. The Balaban J connectivity index is 2.09. The van der Waals surface area contributed by atoms with Crippen LogP contribution >= 0.6 is 0 Å². The number of carboxylic acid groups (broad SMARTS) is 2. The Labute approximate surface area is 152 Å². The van der Waals surface area contributed by atoms with E-state index in [1.165, 1.54) is 0 Å². The van der Waals surface area contributed by atoms with Crippen molar-refractivity contribution < 1.29 is 19.8 Å². The Kier molecular flexibility index (Phi) is 6.60. The minimum atomic E-state index is -1.24. The first-order chi connectivity index (χ1) is 12.4. The highest BCUT2D eigenvalue weighted by Gasteiger charge is 2.30. The van der Waals surface area contributed by atoms with E-state index >= 15 is 0 Å². The summed E-state index contributed by atoms with van der Waals surface area (Å²) in [7, 11) is 0. The Morgan fingerprint density at radius 2 is 1.92 bits per heavy atom. The topological polar surface area (TPSA) is 108 Å². The third kappa shape index (κ3) is 5.23. The second-order valence-electron chi connectivity index (χ2n) is 6.44. The van der Waals surface area contributed by atoms with Gasteiger partial charge in [-0.2, -0.15) is 0 Å². The number of rotatable bonds is 9. The summed E-state index contributed by atoms with van der Waals surface area (Å²) < 4.78 is 1.70. The maximum absolute atomic E-state index is 11.6. The highest BCUT2D eigenvalue weighted by atomic mass is 16.4. The Hall–Kier alpha value is -3.03. The van der Waals surface area contributed by atoms with Gasteiger partial charge in [-0.1, -0.05) is 32.0 Å². The molecule has 1 atom stereocenters. The zero-order valence-corrected chi connectivity index (χ0v) is 14.9. The normalized spacial score (nSPS) is 12.0. The molecule has 2 rings (SSSR count). The highest BCUT2D eigenvalue weighted by molar-refractivity contribution is 5.79. The second-order valence-corrected chi connectivity index (χ2v) is 6.44. The number of aromatic nitrogens is 2. The first-order valence-electron chi connectivity index (χ1n) is 8.44. The first-order valence-corrected chi connectivity index (χ1v) is 8.44. The molecule has 0 saturated carbocycles. The minimum absolute atomic E-state index is 0.0706. The van der Waals surface area contributed by atoms with Gasteiger partial charge < -0.3 is 10.2 Å². The Morgan fingerprint density at radius 3 is 2.50 bits per heavy atom. The standard InChI is InChI=1S/C18H24N4O4/c1-13(2)10-16(17(23)24)21(18(25)26)9-8-15-11-19-12-22(15)20-14-6-4-3-5-7-14/h3-7,11-13,16,20H,8-10H2,1-2H3,(H,23,24)(H,25,26). The molecule has 140 valence electrons. The lowest BCUT2D eigenvalue weighted by molar-refractivity contribution is -0.143. The molecule has 0 fully saturated rings. The van der Waals surface area contributed by atoms with Crippen LogP contribution in [0.3, 0.4) is 0 Å². The summed E-state index contributed by atoms with van der Waals surface area (Å²) in [6, 6.07) is 8.44. The van der Waals surface area contributed by atoms with Gasteiger partial charge >= 0.3 is 12.1 Å². The largest absolute Gasteiger partial charge is 0.480 e. The molecule has 1 unspecified atom stereocenters. The van der Waals surface area contributed by atoms with Gasteiger partial charge in [0.25, 0.3) is 0 Å². The van der Waals surface area contributed by atoms with E-state index in [1.807, 2.05) is 44.2 Å². The molecular weight excluding hydrogens is 336 g/mol. The molecule has 0 aliphatic heterocycles. The van der Waals surface area contributed by atoms with Crippen LogP contribution in [0.4, 0.5) is 10.5 Å². The van der Waals surface area contributed by atoms with Crippen molar-refractivity contribution in [3.63, 3.8) is 0 Å². The van der Waals surface area contributed by atoms with Crippen LogP contribution in [-0.2, 0) is 11.2 Å². The van der Waals surface area contributed by atoms with Gasteiger partial charge in [0.05, 0.1) is 17.6 Å². The SMILES string of the molecule is CC(C)CC(C(=O)O)N(CCc1cncn1Nc1ccccc1)C(=O)O. The Bertz CT molecular complexity index is 730. The lowest BCUT2D eigenvalue weighted by atomic mass is 10.0. The predicted molar refractivity (Wildman–Crippen MR) is 97.0 cm³/mol. The average Bonchev–Trinajstić information content (AvgIpc) is 3.01. The number of aliphatic carboxylic acids is 1. The molecule has 26 heavy (non-hydrogen) atoms. The highest BCUT2D eigenvalue weighted by Crippen LogP contribution is 2.14. The third-order valence-corrected chi connectivity index (χ3v) is 3.95. The van der Waals surface area contributed by atoms with Crippen molar-refractivity contribution >= 4 is 17.7 Å². The van der Waals surface area contributed by atoms with Gasteiger partial charge in [-0.05, 0) is 24.5 Å². The lowest BCUT2D eigenvalue weighted by Crippen LogP contribution is -2.46. The number of imidazole rings is 1. The number of para-hydroxylation sites is 1. The van der Waals surface area contributed by atoms with Crippen molar-refractivity contribution in [1.82, 2.24) is 14.6 Å². The van der Waals surface area contributed by atoms with Gasteiger partial charge in [-0.15, -0.1) is 0 Å². The molecule has 0 radical (unpaired) electrons. The molecule has 8 heteroatoms. The molecule has 2 aromatic rings. The number of amides is 1. The van der Waals surface area contributed by atoms with E-state index in [4.69, 9.17) is 0 Å². The van der Waals surface area contributed by atoms with Gasteiger partial charge in [0, 0.05) is 13.0 Å². The number of carbonyl (C=O) groups is 2. The number of carboxylic acids is 1. The quantitative estimate of drug-likeness (QED) is 0.635. The molecule has 1 aromatic heterocycles.